The molecule has 1 saturated carbocycles. The number of para-hydroxylation sites is 1. The summed E-state index contributed by atoms with van der Waals surface area (Å²) in [5, 5.41) is 21.5. The number of aromatic nitrogens is 5. The van der Waals surface area contributed by atoms with E-state index in [0.29, 0.717) is 39.2 Å². The second kappa shape index (κ2) is 14.4. The number of benzene rings is 2. The van der Waals surface area contributed by atoms with Crippen LogP contribution in [0, 0.1) is 5.92 Å². The van der Waals surface area contributed by atoms with E-state index in [1.807, 2.05) is 23.0 Å². The number of alkyl halides is 3. The molecule has 17 heteroatoms. The molecule has 2 aliphatic heterocycles. The van der Waals surface area contributed by atoms with Gasteiger partial charge in [0.2, 0.25) is 11.8 Å². The van der Waals surface area contributed by atoms with Crippen LogP contribution in [0.4, 0.5) is 18.9 Å². The number of aryl methyl sites for hydroxylation is 1. The minimum atomic E-state index is -4.70. The average Bonchev–Trinajstić information content (AvgIpc) is 3.67. The molecule has 0 spiro atoms. The Morgan fingerprint density at radius 2 is 1.75 bits per heavy atom. The highest BCUT2D eigenvalue weighted by Gasteiger charge is 2.36. The van der Waals surface area contributed by atoms with E-state index in [9.17, 15) is 37.5 Å². The number of ether oxygens (including phenoxy) is 1. The van der Waals surface area contributed by atoms with Crippen LogP contribution in [-0.2, 0) is 28.4 Å². The number of nitrogens with zero attached hydrogens (tertiary/aromatic N) is 6. The molecule has 3 aliphatic rings. The van der Waals surface area contributed by atoms with Crippen molar-refractivity contribution in [2.24, 2.45) is 13.0 Å². The van der Waals surface area contributed by atoms with Crippen molar-refractivity contribution in [3.05, 3.63) is 82.2 Å². The Kier molecular flexibility index (Phi) is 9.71. The van der Waals surface area contributed by atoms with Crippen LogP contribution in [0.2, 0.25) is 0 Å². The van der Waals surface area contributed by atoms with E-state index >= 15 is 0 Å². The van der Waals surface area contributed by atoms with Gasteiger partial charge in [-0.05, 0) is 88.3 Å². The van der Waals surface area contributed by atoms with Gasteiger partial charge in [0.1, 0.15) is 34.8 Å². The average molecular weight is 789 g/mol. The van der Waals surface area contributed by atoms with Crippen LogP contribution in [0.3, 0.4) is 0 Å². The van der Waals surface area contributed by atoms with Crippen LogP contribution >= 0.6 is 0 Å². The summed E-state index contributed by atoms with van der Waals surface area (Å²) in [4.78, 5) is 56.5. The molecule has 3 amide bonds. The molecular formula is C40H43F3N8O6. The summed E-state index contributed by atoms with van der Waals surface area (Å²) >= 11 is 0. The molecule has 57 heavy (non-hydrogen) atoms. The quantitative estimate of drug-likeness (QED) is 0.173. The number of fused-ring (bicyclic) bond motifs is 2. The zero-order valence-electron chi connectivity index (χ0n) is 31.7. The van der Waals surface area contributed by atoms with Gasteiger partial charge in [-0.3, -0.25) is 38.4 Å². The van der Waals surface area contributed by atoms with E-state index in [1.54, 1.807) is 39.1 Å². The molecule has 3 N–H and O–H groups in total. The number of hydrogen-bond acceptors (Lipinski definition) is 9. The Balaban J connectivity index is 0.881. The maximum absolute atomic E-state index is 13.3. The summed E-state index contributed by atoms with van der Waals surface area (Å²) in [6.45, 7) is 5.54. The van der Waals surface area contributed by atoms with Gasteiger partial charge in [0.15, 0.2) is 0 Å². The molecule has 8 rings (SSSR count). The van der Waals surface area contributed by atoms with Gasteiger partial charge in [-0.2, -0.15) is 18.3 Å². The fourth-order valence-electron chi connectivity index (χ4n) is 8.40. The highest BCUT2D eigenvalue weighted by Crippen LogP contribution is 2.37. The van der Waals surface area contributed by atoms with Crippen molar-refractivity contribution in [3.8, 4) is 5.75 Å². The summed E-state index contributed by atoms with van der Waals surface area (Å²) in [5.74, 6) is -0.583. The summed E-state index contributed by atoms with van der Waals surface area (Å²) in [6.07, 6.45) is 1.40. The summed E-state index contributed by atoms with van der Waals surface area (Å²) in [6, 6.07) is 11.3. The molecule has 1 unspecified atom stereocenters. The number of imidazole rings is 1. The number of pyridine rings is 1. The van der Waals surface area contributed by atoms with Gasteiger partial charge in [0.05, 0.1) is 22.7 Å². The second-order valence-electron chi connectivity index (χ2n) is 15.9. The van der Waals surface area contributed by atoms with Gasteiger partial charge in [0, 0.05) is 55.9 Å². The maximum atomic E-state index is 13.3. The predicted octanol–water partition coefficient (Wildman–Crippen LogP) is 5.06. The van der Waals surface area contributed by atoms with Crippen LogP contribution in [0.5, 0.6) is 5.75 Å². The van der Waals surface area contributed by atoms with Crippen molar-refractivity contribution in [2.75, 3.05) is 25.0 Å². The normalized spacial score (nSPS) is 21.1. The van der Waals surface area contributed by atoms with E-state index in [1.165, 1.54) is 15.2 Å². The van der Waals surface area contributed by atoms with Gasteiger partial charge in [-0.15, -0.1) is 0 Å². The van der Waals surface area contributed by atoms with Crippen molar-refractivity contribution < 1.29 is 37.4 Å². The highest BCUT2D eigenvalue weighted by molar-refractivity contribution is 6.04. The van der Waals surface area contributed by atoms with E-state index in [2.05, 4.69) is 20.5 Å². The summed E-state index contributed by atoms with van der Waals surface area (Å²) < 4.78 is 51.0. The number of carbonyl (C=O) groups is 3. The number of aliphatic hydroxyl groups is 1. The van der Waals surface area contributed by atoms with Crippen LogP contribution in [0.1, 0.15) is 86.2 Å². The van der Waals surface area contributed by atoms with E-state index in [-0.39, 0.29) is 42.3 Å². The molecule has 0 radical (unpaired) electrons. The zero-order valence-corrected chi connectivity index (χ0v) is 31.7. The molecule has 2 aromatic carbocycles. The maximum Gasteiger partial charge on any atom is 0.433 e. The SMILES string of the molecule is Cn1c(=O)n(C2CCC(=O)NC2=O)c2cccc(OC3CN(CC4CCC(n5cc6cc(NC(=O)c7cccc(C(F)(F)F)n7)c(C(C)(C)O)cc6n5)CC4)C3)c21. The molecule has 5 aromatic rings. The Labute approximate surface area is 324 Å². The minimum Gasteiger partial charge on any atom is -0.485 e. The van der Waals surface area contributed by atoms with E-state index < -0.39 is 41.0 Å². The van der Waals surface area contributed by atoms with Crippen LogP contribution < -0.4 is 21.1 Å². The number of likely N-dealkylation sites (tertiary alicyclic amines) is 1. The number of piperidine rings is 1. The van der Waals surface area contributed by atoms with Gasteiger partial charge >= 0.3 is 11.9 Å². The summed E-state index contributed by atoms with van der Waals surface area (Å²) in [7, 11) is 1.66. The molecule has 2 saturated heterocycles. The number of anilines is 1. The van der Waals surface area contributed by atoms with Crippen molar-refractivity contribution in [1.82, 2.24) is 34.1 Å². The fraction of sp³-hybridized carbons (Fsp3) is 0.450. The third-order valence-corrected chi connectivity index (χ3v) is 11.4. The Morgan fingerprint density at radius 3 is 2.46 bits per heavy atom. The molecular weight excluding hydrogens is 745 g/mol. The van der Waals surface area contributed by atoms with Crippen molar-refractivity contribution in [1.29, 1.82) is 0 Å². The topological polar surface area (TPSA) is 166 Å². The molecule has 3 fully saturated rings. The zero-order chi connectivity index (χ0) is 40.4. The highest BCUT2D eigenvalue weighted by atomic mass is 19.4. The second-order valence-corrected chi connectivity index (χ2v) is 15.9. The smallest absolute Gasteiger partial charge is 0.433 e. The lowest BCUT2D eigenvalue weighted by molar-refractivity contribution is -0.141. The molecule has 1 atom stereocenters. The lowest BCUT2D eigenvalue weighted by atomic mass is 9.85. The molecule has 3 aromatic heterocycles. The summed E-state index contributed by atoms with van der Waals surface area (Å²) in [5.41, 5.74) is -0.858. The van der Waals surface area contributed by atoms with Crippen molar-refractivity contribution >= 4 is 45.3 Å². The first kappa shape index (κ1) is 38.3. The van der Waals surface area contributed by atoms with Crippen LogP contribution in [0.25, 0.3) is 21.9 Å². The van der Waals surface area contributed by atoms with Gasteiger partial charge in [0.25, 0.3) is 5.91 Å². The monoisotopic (exact) mass is 788 g/mol. The minimum absolute atomic E-state index is 0.0534. The third kappa shape index (κ3) is 7.53. The molecule has 5 heterocycles. The first-order valence-electron chi connectivity index (χ1n) is 19.1. The van der Waals surface area contributed by atoms with Crippen molar-refractivity contribution in [3.63, 3.8) is 0 Å². The number of nitrogens with one attached hydrogen (secondary N) is 2. The third-order valence-electron chi connectivity index (χ3n) is 11.4. The van der Waals surface area contributed by atoms with Crippen molar-refractivity contribution in [2.45, 2.75) is 82.3 Å². The van der Waals surface area contributed by atoms with Gasteiger partial charge in [-0.25, -0.2) is 9.78 Å². The van der Waals surface area contributed by atoms with Crippen LogP contribution in [0.15, 0.2) is 59.5 Å². The molecule has 300 valence electrons. The number of carbonyl (C=O) groups excluding carboxylic acids is 3. The Bertz CT molecular complexity index is 2450. The molecule has 1 aliphatic carbocycles. The Morgan fingerprint density at radius 1 is 1.02 bits per heavy atom. The number of amides is 3. The van der Waals surface area contributed by atoms with Crippen LogP contribution in [-0.4, -0.2) is 77.4 Å². The number of hydrogen-bond donors (Lipinski definition) is 3. The first-order chi connectivity index (χ1) is 27.0. The lowest BCUT2D eigenvalue weighted by Crippen LogP contribution is -2.55. The fourth-order valence-corrected chi connectivity index (χ4v) is 8.40. The number of halogens is 3. The number of imide groups is 1. The predicted molar refractivity (Wildman–Crippen MR) is 203 cm³/mol. The van der Waals surface area contributed by atoms with Gasteiger partial charge < -0.3 is 15.2 Å². The van der Waals surface area contributed by atoms with E-state index in [4.69, 9.17) is 9.84 Å². The lowest BCUT2D eigenvalue weighted by Gasteiger charge is -2.42. The van der Waals surface area contributed by atoms with E-state index in [0.717, 1.165) is 57.5 Å². The molecule has 0 bridgehead atoms. The Hall–Kier alpha value is -5.55. The first-order valence-corrected chi connectivity index (χ1v) is 19.1. The standard InChI is InChI=1S/C40H43F3N8O6/c1-39(2,56)26-17-28-23(16-29(26)45-36(53)27-6-4-9-33(44-27)40(41,42)43)19-50(47-28)24-12-10-22(11-13-24)18-49-20-25(21-49)57-32-8-5-7-30-35(32)48(3)38(55)51(30)31-14-15-34(52)46-37(31)54/h4-9,16-17,19,22,24-25,31,56H,10-15,18,20-21H2,1-3H3,(H,45,53)(H,46,52,54). The largest absolute Gasteiger partial charge is 0.485 e. The molecule has 14 nitrogen and oxygen atoms in total. The van der Waals surface area contributed by atoms with Gasteiger partial charge in [-0.1, -0.05) is 12.1 Å². The number of rotatable bonds is 9.